The van der Waals surface area contributed by atoms with Crippen LogP contribution in [0.4, 0.5) is 19.5 Å². The quantitative estimate of drug-likeness (QED) is 0.784. The van der Waals surface area contributed by atoms with Gasteiger partial charge in [-0.2, -0.15) is 5.26 Å². The number of likely N-dealkylation sites (tertiary alicyclic amines) is 1. The van der Waals surface area contributed by atoms with Crippen molar-refractivity contribution >= 4 is 12.0 Å². The van der Waals surface area contributed by atoms with E-state index in [2.05, 4.69) is 15.0 Å². The van der Waals surface area contributed by atoms with Crippen LogP contribution in [0.1, 0.15) is 32.9 Å². The number of amides is 1. The van der Waals surface area contributed by atoms with Gasteiger partial charge in [-0.1, -0.05) is 0 Å². The van der Waals surface area contributed by atoms with Gasteiger partial charge < -0.3 is 20.1 Å². The number of piperidine rings is 1. The fourth-order valence-electron chi connectivity index (χ4n) is 2.98. The highest BCUT2D eigenvalue weighted by atomic mass is 19.3. The maximum Gasteiger partial charge on any atom is 0.410 e. The molecule has 9 nitrogen and oxygen atoms in total. The smallest absolute Gasteiger partial charge is 0.410 e. The molecule has 0 aliphatic carbocycles. The van der Waals surface area contributed by atoms with Crippen molar-refractivity contribution in [1.29, 1.82) is 5.26 Å². The molecule has 2 aromatic rings. The molecule has 0 bridgehead atoms. The first-order valence-electron chi connectivity index (χ1n) is 9.51. The van der Waals surface area contributed by atoms with E-state index in [0.717, 1.165) is 4.90 Å². The van der Waals surface area contributed by atoms with Crippen molar-refractivity contribution in [1.82, 2.24) is 19.9 Å². The molecule has 0 saturated carbocycles. The molecule has 31 heavy (non-hydrogen) atoms. The summed E-state index contributed by atoms with van der Waals surface area (Å²) in [6.07, 6.45) is -1.03. The number of nitrogens with zero attached hydrogens (tertiary/aromatic N) is 5. The maximum atomic E-state index is 14.7. The van der Waals surface area contributed by atoms with E-state index in [1.165, 1.54) is 18.3 Å². The Balaban J connectivity index is 1.75. The summed E-state index contributed by atoms with van der Waals surface area (Å²) >= 11 is 0. The average Bonchev–Trinajstić information content (AvgIpc) is 2.68. The van der Waals surface area contributed by atoms with E-state index >= 15 is 0 Å². The molecule has 11 heteroatoms. The molecule has 3 heterocycles. The molecule has 1 amide bonds. The third kappa shape index (κ3) is 5.33. The van der Waals surface area contributed by atoms with Gasteiger partial charge in [-0.05, 0) is 39.0 Å². The van der Waals surface area contributed by atoms with Crippen molar-refractivity contribution in [2.75, 3.05) is 18.8 Å². The Morgan fingerprint density at radius 1 is 1.29 bits per heavy atom. The summed E-state index contributed by atoms with van der Waals surface area (Å²) < 4.78 is 40.1. The molecule has 164 valence electrons. The van der Waals surface area contributed by atoms with Gasteiger partial charge in [0.2, 0.25) is 5.95 Å². The third-order valence-corrected chi connectivity index (χ3v) is 4.36. The zero-order valence-corrected chi connectivity index (χ0v) is 17.3. The van der Waals surface area contributed by atoms with Gasteiger partial charge in [0.05, 0.1) is 17.9 Å². The van der Waals surface area contributed by atoms with E-state index in [4.69, 9.17) is 15.2 Å². The molecule has 1 atom stereocenters. The van der Waals surface area contributed by atoms with Crippen molar-refractivity contribution in [2.24, 2.45) is 0 Å². The molecule has 1 aliphatic heterocycles. The summed E-state index contributed by atoms with van der Waals surface area (Å²) in [4.78, 5) is 25.0. The van der Waals surface area contributed by atoms with Crippen LogP contribution in [0.25, 0.3) is 11.4 Å². The lowest BCUT2D eigenvalue weighted by atomic mass is 10.0. The molecule has 1 unspecified atom stereocenters. The Bertz CT molecular complexity index is 1020. The van der Waals surface area contributed by atoms with Crippen molar-refractivity contribution in [3.8, 4) is 23.2 Å². The summed E-state index contributed by atoms with van der Waals surface area (Å²) in [7, 11) is 0. The van der Waals surface area contributed by atoms with Gasteiger partial charge in [-0.3, -0.25) is 0 Å². The van der Waals surface area contributed by atoms with Gasteiger partial charge in [0, 0.05) is 19.2 Å². The SMILES string of the molecule is CC(C)(C)OC(=O)N1CCC(Oc2ccc(-c3ccnc(N)n3)nc2C#N)C(F)(F)C1. The second-order valence-corrected chi connectivity index (χ2v) is 8.01. The second kappa shape index (κ2) is 8.29. The number of halogens is 2. The number of ether oxygens (including phenoxy) is 2. The van der Waals surface area contributed by atoms with Gasteiger partial charge in [-0.25, -0.2) is 28.5 Å². The zero-order valence-electron chi connectivity index (χ0n) is 17.3. The van der Waals surface area contributed by atoms with Crippen LogP contribution in [-0.2, 0) is 4.74 Å². The topological polar surface area (TPSA) is 127 Å². The monoisotopic (exact) mass is 432 g/mol. The van der Waals surface area contributed by atoms with E-state index in [1.807, 2.05) is 6.07 Å². The molecule has 2 aromatic heterocycles. The summed E-state index contributed by atoms with van der Waals surface area (Å²) in [6, 6.07) is 6.28. The fourth-order valence-corrected chi connectivity index (χ4v) is 2.98. The van der Waals surface area contributed by atoms with E-state index in [9.17, 15) is 18.8 Å². The number of carbonyl (C=O) groups excluding carboxylic acids is 1. The lowest BCUT2D eigenvalue weighted by molar-refractivity contribution is -0.137. The number of hydrogen-bond donors (Lipinski definition) is 1. The van der Waals surface area contributed by atoms with Crippen molar-refractivity contribution in [3.63, 3.8) is 0 Å². The number of anilines is 1. The first-order valence-corrected chi connectivity index (χ1v) is 9.51. The van der Waals surface area contributed by atoms with Gasteiger partial charge in [0.25, 0.3) is 0 Å². The van der Waals surface area contributed by atoms with Crippen LogP contribution in [-0.4, -0.2) is 56.7 Å². The van der Waals surface area contributed by atoms with E-state index in [1.54, 1.807) is 26.8 Å². The van der Waals surface area contributed by atoms with E-state index in [-0.39, 0.29) is 30.4 Å². The Morgan fingerprint density at radius 2 is 2.00 bits per heavy atom. The number of hydrogen-bond acceptors (Lipinski definition) is 8. The Hall–Kier alpha value is -3.55. The summed E-state index contributed by atoms with van der Waals surface area (Å²) in [5, 5.41) is 9.42. The average molecular weight is 432 g/mol. The Labute approximate surface area is 177 Å². The highest BCUT2D eigenvalue weighted by molar-refractivity contribution is 5.68. The molecule has 0 radical (unpaired) electrons. The standard InChI is InChI=1S/C20H22F2N6O3/c1-19(2,3)31-18(29)28-9-7-16(20(21,22)11-28)30-15-5-4-12(26-14(15)10-23)13-6-8-25-17(24)27-13/h4-6,8,16H,7,9,11H2,1-3H3,(H2,24,25,27). The maximum absolute atomic E-state index is 14.7. The largest absolute Gasteiger partial charge is 0.481 e. The molecule has 1 aliphatic rings. The summed E-state index contributed by atoms with van der Waals surface area (Å²) in [6.45, 7) is 4.17. The van der Waals surface area contributed by atoms with Crippen LogP contribution >= 0.6 is 0 Å². The third-order valence-electron chi connectivity index (χ3n) is 4.36. The van der Waals surface area contributed by atoms with Crippen LogP contribution < -0.4 is 10.5 Å². The normalized spacial score (nSPS) is 18.2. The van der Waals surface area contributed by atoms with E-state index in [0.29, 0.717) is 11.4 Å². The Morgan fingerprint density at radius 3 is 2.61 bits per heavy atom. The highest BCUT2D eigenvalue weighted by Crippen LogP contribution is 2.33. The van der Waals surface area contributed by atoms with Crippen LogP contribution in [0.3, 0.4) is 0 Å². The highest BCUT2D eigenvalue weighted by Gasteiger charge is 2.48. The lowest BCUT2D eigenvalue weighted by Gasteiger charge is -2.38. The number of carbonyl (C=O) groups is 1. The predicted molar refractivity (Wildman–Crippen MR) is 106 cm³/mol. The van der Waals surface area contributed by atoms with Gasteiger partial charge >= 0.3 is 12.0 Å². The molecule has 0 spiro atoms. The van der Waals surface area contributed by atoms with Crippen LogP contribution in [0, 0.1) is 11.3 Å². The van der Waals surface area contributed by atoms with Crippen LogP contribution in [0.5, 0.6) is 5.75 Å². The first kappa shape index (κ1) is 22.1. The zero-order chi connectivity index (χ0) is 22.8. The molecular formula is C20H22F2N6O3. The first-order chi connectivity index (χ1) is 14.5. The van der Waals surface area contributed by atoms with Gasteiger partial charge in [0.1, 0.15) is 11.7 Å². The minimum atomic E-state index is -3.35. The second-order valence-electron chi connectivity index (χ2n) is 8.01. The number of nitriles is 1. The van der Waals surface area contributed by atoms with Crippen molar-refractivity contribution in [3.05, 3.63) is 30.1 Å². The summed E-state index contributed by atoms with van der Waals surface area (Å²) in [5.41, 5.74) is 5.31. The molecule has 3 rings (SSSR count). The minimum absolute atomic E-state index is 0.0305. The van der Waals surface area contributed by atoms with Gasteiger partial charge in [0.15, 0.2) is 17.5 Å². The number of aromatic nitrogens is 3. The number of pyridine rings is 1. The number of nitrogen functional groups attached to an aromatic ring is 1. The molecule has 0 aromatic carbocycles. The van der Waals surface area contributed by atoms with E-state index < -0.39 is 30.3 Å². The minimum Gasteiger partial charge on any atom is -0.481 e. The van der Waals surface area contributed by atoms with Gasteiger partial charge in [-0.15, -0.1) is 0 Å². The lowest BCUT2D eigenvalue weighted by Crippen LogP contribution is -2.56. The van der Waals surface area contributed by atoms with Crippen molar-refractivity contribution < 1.29 is 23.0 Å². The molecule has 2 N–H and O–H groups in total. The number of alkyl halides is 2. The van der Waals surface area contributed by atoms with Crippen LogP contribution in [0.15, 0.2) is 24.4 Å². The molecule has 1 fully saturated rings. The molecular weight excluding hydrogens is 410 g/mol. The fraction of sp³-hybridized carbons (Fsp3) is 0.450. The van der Waals surface area contributed by atoms with Crippen LogP contribution in [0.2, 0.25) is 0 Å². The Kier molecular flexibility index (Phi) is 5.92. The molecule has 1 saturated heterocycles. The van der Waals surface area contributed by atoms with Crippen molar-refractivity contribution in [2.45, 2.75) is 44.8 Å². The number of rotatable bonds is 3. The summed E-state index contributed by atoms with van der Waals surface area (Å²) in [5.74, 6) is -3.39. The predicted octanol–water partition coefficient (Wildman–Crippen LogP) is 3.02. The number of nitrogens with two attached hydrogens (primary N) is 1.